The molecule has 1 aliphatic heterocycles. The fourth-order valence-corrected chi connectivity index (χ4v) is 4.34. The van der Waals surface area contributed by atoms with E-state index in [2.05, 4.69) is 0 Å². The van der Waals surface area contributed by atoms with Gasteiger partial charge in [-0.25, -0.2) is 4.79 Å². The number of hydrogen-bond acceptors (Lipinski definition) is 6. The Morgan fingerprint density at radius 1 is 1.10 bits per heavy atom. The second-order valence-corrected chi connectivity index (χ2v) is 8.59. The van der Waals surface area contributed by atoms with E-state index in [-0.39, 0.29) is 30.7 Å². The molecule has 2 aromatic rings. The van der Waals surface area contributed by atoms with E-state index in [1.165, 1.54) is 24.1 Å². The molecule has 0 bridgehead atoms. The van der Waals surface area contributed by atoms with Gasteiger partial charge >= 0.3 is 6.09 Å². The number of amides is 1. The number of methoxy groups -OCH3 is 1. The first kappa shape index (κ1) is 21.3. The molecule has 29 heavy (non-hydrogen) atoms. The molecule has 2 unspecified atom stereocenters. The topological polar surface area (TPSA) is 82.1 Å². The summed E-state index contributed by atoms with van der Waals surface area (Å²) in [6.45, 7) is 2.41. The van der Waals surface area contributed by atoms with Gasteiger partial charge in [-0.05, 0) is 31.0 Å². The van der Waals surface area contributed by atoms with Crippen LogP contribution in [0.5, 0.6) is 0 Å². The summed E-state index contributed by atoms with van der Waals surface area (Å²) in [6, 6.07) is 15.5. The van der Waals surface area contributed by atoms with Gasteiger partial charge in [-0.15, -0.1) is 0 Å². The van der Waals surface area contributed by atoms with Crippen LogP contribution in [0.25, 0.3) is 0 Å². The lowest BCUT2D eigenvalue weighted by Gasteiger charge is -2.23. The van der Waals surface area contributed by atoms with Crippen molar-refractivity contribution in [1.29, 1.82) is 0 Å². The molecule has 1 amide bonds. The first-order valence-corrected chi connectivity index (χ1v) is 10.8. The molecule has 0 N–H and O–H groups in total. The zero-order chi connectivity index (χ0) is 20.9. The van der Waals surface area contributed by atoms with Crippen molar-refractivity contribution in [3.63, 3.8) is 0 Å². The summed E-state index contributed by atoms with van der Waals surface area (Å²) in [5, 5.41) is 0. The van der Waals surface area contributed by atoms with Gasteiger partial charge in [-0.1, -0.05) is 48.0 Å². The normalized spacial score (nSPS) is 19.3. The predicted molar refractivity (Wildman–Crippen MR) is 107 cm³/mol. The van der Waals surface area contributed by atoms with Crippen LogP contribution in [0.3, 0.4) is 0 Å². The number of carbonyl (C=O) groups is 1. The van der Waals surface area contributed by atoms with Gasteiger partial charge in [0.1, 0.15) is 6.61 Å². The third-order valence-electron chi connectivity index (χ3n) is 4.75. The van der Waals surface area contributed by atoms with Crippen molar-refractivity contribution >= 4 is 16.2 Å². The maximum atomic E-state index is 12.6. The third-order valence-corrected chi connectivity index (χ3v) is 6.12. The van der Waals surface area contributed by atoms with Gasteiger partial charge in [-0.3, -0.25) is 4.18 Å². The zero-order valence-electron chi connectivity index (χ0n) is 16.5. The predicted octanol–water partition coefficient (Wildman–Crippen LogP) is 3.13. The molecule has 0 aromatic heterocycles. The van der Waals surface area contributed by atoms with Crippen molar-refractivity contribution in [2.45, 2.75) is 37.0 Å². The third kappa shape index (κ3) is 5.56. The summed E-state index contributed by atoms with van der Waals surface area (Å²) in [7, 11) is -2.39. The van der Waals surface area contributed by atoms with E-state index in [1.807, 2.05) is 37.3 Å². The molecule has 1 fully saturated rings. The molecule has 156 valence electrons. The lowest BCUT2D eigenvalue weighted by molar-refractivity contribution is 0.0692. The number of benzene rings is 2. The second kappa shape index (κ2) is 9.39. The molecular weight excluding hydrogens is 394 g/mol. The highest BCUT2D eigenvalue weighted by Gasteiger charge is 2.39. The Balaban J connectivity index is 1.64. The first-order valence-electron chi connectivity index (χ1n) is 9.35. The number of ether oxygens (including phenoxy) is 2. The molecule has 0 aliphatic carbocycles. The Bertz CT molecular complexity index is 914. The minimum absolute atomic E-state index is 0.0940. The monoisotopic (exact) mass is 419 g/mol. The van der Waals surface area contributed by atoms with Gasteiger partial charge in [0.15, 0.2) is 0 Å². The van der Waals surface area contributed by atoms with Crippen LogP contribution in [0.2, 0.25) is 0 Å². The van der Waals surface area contributed by atoms with E-state index < -0.39 is 22.3 Å². The molecule has 7 nitrogen and oxygen atoms in total. The average Bonchev–Trinajstić information content (AvgIpc) is 3.09. The molecule has 1 aliphatic rings. The van der Waals surface area contributed by atoms with Crippen molar-refractivity contribution in [3.8, 4) is 0 Å². The Morgan fingerprint density at radius 2 is 1.79 bits per heavy atom. The zero-order valence-corrected chi connectivity index (χ0v) is 17.3. The first-order chi connectivity index (χ1) is 13.9. The maximum absolute atomic E-state index is 12.6. The molecule has 0 saturated carbocycles. The second-order valence-electron chi connectivity index (χ2n) is 7.02. The summed E-state index contributed by atoms with van der Waals surface area (Å²) < 4.78 is 41.1. The largest absolute Gasteiger partial charge is 0.445 e. The molecule has 0 radical (unpaired) electrons. The summed E-state index contributed by atoms with van der Waals surface area (Å²) in [5.74, 6) is 0. The summed E-state index contributed by atoms with van der Waals surface area (Å²) in [6.07, 6.45) is -0.834. The van der Waals surface area contributed by atoms with Crippen LogP contribution in [-0.4, -0.2) is 51.8 Å². The van der Waals surface area contributed by atoms with Gasteiger partial charge in [0.25, 0.3) is 10.1 Å². The molecule has 1 saturated heterocycles. The Labute approximate surface area is 171 Å². The molecule has 2 atom stereocenters. The van der Waals surface area contributed by atoms with Gasteiger partial charge in [0, 0.05) is 7.11 Å². The number of carbonyl (C=O) groups excluding carboxylic acids is 1. The molecule has 0 spiro atoms. The van der Waals surface area contributed by atoms with E-state index in [0.29, 0.717) is 6.42 Å². The summed E-state index contributed by atoms with van der Waals surface area (Å²) >= 11 is 0. The highest BCUT2D eigenvalue weighted by atomic mass is 32.2. The van der Waals surface area contributed by atoms with Crippen molar-refractivity contribution in [2.24, 2.45) is 0 Å². The SMILES string of the molecule is COCC1CC(OS(=O)(=O)c2ccc(C)cc2)CN1C(=O)OCc1ccccc1. The fourth-order valence-electron chi connectivity index (χ4n) is 3.26. The number of rotatable bonds is 7. The van der Waals surface area contributed by atoms with E-state index in [4.69, 9.17) is 13.7 Å². The maximum Gasteiger partial charge on any atom is 0.410 e. The lowest BCUT2D eigenvalue weighted by Crippen LogP contribution is -2.38. The minimum Gasteiger partial charge on any atom is -0.445 e. The van der Waals surface area contributed by atoms with Crippen LogP contribution in [0.15, 0.2) is 59.5 Å². The molecule has 3 rings (SSSR count). The lowest BCUT2D eigenvalue weighted by atomic mass is 10.2. The quantitative estimate of drug-likeness (QED) is 0.642. The van der Waals surface area contributed by atoms with Crippen molar-refractivity contribution in [2.75, 3.05) is 20.3 Å². The van der Waals surface area contributed by atoms with Crippen molar-refractivity contribution in [3.05, 3.63) is 65.7 Å². The smallest absolute Gasteiger partial charge is 0.410 e. The van der Waals surface area contributed by atoms with E-state index in [1.54, 1.807) is 12.1 Å². The minimum atomic E-state index is -3.92. The van der Waals surface area contributed by atoms with Crippen molar-refractivity contribution in [1.82, 2.24) is 4.90 Å². The molecule has 2 aromatic carbocycles. The Kier molecular flexibility index (Phi) is 6.89. The summed E-state index contributed by atoms with van der Waals surface area (Å²) in [5.41, 5.74) is 1.83. The van der Waals surface area contributed by atoms with Gasteiger partial charge in [-0.2, -0.15) is 8.42 Å². The summed E-state index contributed by atoms with van der Waals surface area (Å²) in [4.78, 5) is 14.1. The average molecular weight is 419 g/mol. The standard InChI is InChI=1S/C21H25NO6S/c1-16-8-10-20(11-9-16)29(24,25)28-19-12-18(15-26-2)22(13-19)21(23)27-14-17-6-4-3-5-7-17/h3-11,18-19H,12-15H2,1-2H3. The molecule has 8 heteroatoms. The van der Waals surface area contributed by atoms with E-state index in [9.17, 15) is 13.2 Å². The van der Waals surface area contributed by atoms with Crippen LogP contribution in [-0.2, 0) is 30.4 Å². The number of aryl methyl sites for hydroxylation is 1. The molecular formula is C21H25NO6S. The van der Waals surface area contributed by atoms with Crippen LogP contribution in [0.4, 0.5) is 4.79 Å². The number of nitrogens with zero attached hydrogens (tertiary/aromatic N) is 1. The number of hydrogen-bond donors (Lipinski definition) is 0. The number of likely N-dealkylation sites (tertiary alicyclic amines) is 1. The Morgan fingerprint density at radius 3 is 2.45 bits per heavy atom. The van der Waals surface area contributed by atoms with Crippen LogP contribution < -0.4 is 0 Å². The molecule has 1 heterocycles. The van der Waals surface area contributed by atoms with Gasteiger partial charge in [0.2, 0.25) is 0 Å². The van der Waals surface area contributed by atoms with E-state index in [0.717, 1.165) is 11.1 Å². The van der Waals surface area contributed by atoms with E-state index >= 15 is 0 Å². The van der Waals surface area contributed by atoms with Gasteiger partial charge < -0.3 is 14.4 Å². The van der Waals surface area contributed by atoms with Crippen LogP contribution in [0.1, 0.15) is 17.5 Å². The fraction of sp³-hybridized carbons (Fsp3) is 0.381. The van der Waals surface area contributed by atoms with Crippen LogP contribution in [0, 0.1) is 6.92 Å². The highest BCUT2D eigenvalue weighted by Crippen LogP contribution is 2.25. The van der Waals surface area contributed by atoms with Crippen molar-refractivity contribution < 1.29 is 26.9 Å². The van der Waals surface area contributed by atoms with Crippen LogP contribution >= 0.6 is 0 Å². The van der Waals surface area contributed by atoms with Gasteiger partial charge in [0.05, 0.1) is 30.2 Å². The highest BCUT2D eigenvalue weighted by molar-refractivity contribution is 7.86. The Hall–Kier alpha value is -2.42.